The Morgan fingerprint density at radius 3 is 2.50 bits per heavy atom. The van der Waals surface area contributed by atoms with Crippen LogP contribution in [0.15, 0.2) is 54.6 Å². The van der Waals surface area contributed by atoms with Crippen LogP contribution < -0.4 is 10.1 Å². The highest BCUT2D eigenvalue weighted by molar-refractivity contribution is 6.03. The normalized spacial score (nSPS) is 23.3. The number of benzene rings is 2. The summed E-state index contributed by atoms with van der Waals surface area (Å²) in [4.78, 5) is 32.2. The van der Waals surface area contributed by atoms with Crippen molar-refractivity contribution in [3.63, 3.8) is 0 Å². The molecule has 0 aliphatic carbocycles. The molecule has 1 aromatic heterocycles. The summed E-state index contributed by atoms with van der Waals surface area (Å²) in [5, 5.41) is 4.18. The van der Waals surface area contributed by atoms with Crippen LogP contribution in [0.5, 0.6) is 5.75 Å². The number of carbonyl (C=O) groups is 2. The second kappa shape index (κ2) is 12.0. The molecular weight excluding hydrogens is 500 g/mol. The summed E-state index contributed by atoms with van der Waals surface area (Å²) < 4.78 is 7.47. The van der Waals surface area contributed by atoms with E-state index in [1.165, 1.54) is 12.0 Å². The van der Waals surface area contributed by atoms with Gasteiger partial charge in [0.25, 0.3) is 5.91 Å². The molecule has 5 rings (SSSR count). The molecule has 7 nitrogen and oxygen atoms in total. The zero-order valence-corrected chi connectivity index (χ0v) is 24.5. The monoisotopic (exact) mass is 544 g/mol. The second-order valence-electron chi connectivity index (χ2n) is 12.2. The zero-order chi connectivity index (χ0) is 28.3. The first-order valence-corrected chi connectivity index (χ1v) is 14.8. The molecule has 1 N–H and O–H groups in total. The van der Waals surface area contributed by atoms with E-state index in [-0.39, 0.29) is 11.8 Å². The Labute approximate surface area is 238 Å². The summed E-state index contributed by atoms with van der Waals surface area (Å²) in [6.07, 6.45) is 3.84. The lowest BCUT2D eigenvalue weighted by molar-refractivity contribution is -0.132. The molecule has 0 bridgehead atoms. The molecule has 2 aromatic carbocycles. The minimum atomic E-state index is -0.996. The van der Waals surface area contributed by atoms with Gasteiger partial charge in [0.1, 0.15) is 17.0 Å². The van der Waals surface area contributed by atoms with E-state index >= 15 is 0 Å². The van der Waals surface area contributed by atoms with E-state index in [0.717, 1.165) is 67.4 Å². The molecule has 1 saturated heterocycles. The molecule has 2 amide bonds. The summed E-state index contributed by atoms with van der Waals surface area (Å²) in [6, 6.07) is 18.1. The quantitative estimate of drug-likeness (QED) is 0.366. The molecule has 2 aliphatic heterocycles. The minimum Gasteiger partial charge on any atom is -0.497 e. The van der Waals surface area contributed by atoms with Crippen molar-refractivity contribution >= 4 is 22.7 Å². The van der Waals surface area contributed by atoms with Crippen molar-refractivity contribution in [1.82, 2.24) is 19.7 Å². The van der Waals surface area contributed by atoms with E-state index in [0.29, 0.717) is 25.3 Å². The number of aryl methyl sites for hydroxylation is 1. The predicted octanol–water partition coefficient (Wildman–Crippen LogP) is 4.98. The first-order valence-electron chi connectivity index (χ1n) is 14.8. The smallest absolute Gasteiger partial charge is 0.271 e. The van der Waals surface area contributed by atoms with Crippen LogP contribution in [0.25, 0.3) is 10.9 Å². The van der Waals surface area contributed by atoms with Crippen molar-refractivity contribution in [2.75, 3.05) is 39.8 Å². The Bertz CT molecular complexity index is 1330. The third-order valence-corrected chi connectivity index (χ3v) is 8.70. The van der Waals surface area contributed by atoms with Crippen LogP contribution in [0.1, 0.15) is 56.1 Å². The molecule has 0 spiro atoms. The fourth-order valence-electron chi connectivity index (χ4n) is 6.76. The fourth-order valence-corrected chi connectivity index (χ4v) is 6.76. The number of nitrogens with one attached hydrogen (secondary N) is 1. The number of hydrogen-bond donors (Lipinski definition) is 1. The zero-order valence-electron chi connectivity index (χ0n) is 24.5. The van der Waals surface area contributed by atoms with Gasteiger partial charge in [0, 0.05) is 37.6 Å². The van der Waals surface area contributed by atoms with Gasteiger partial charge < -0.3 is 24.4 Å². The molecule has 3 aromatic rings. The van der Waals surface area contributed by atoms with Crippen molar-refractivity contribution in [2.24, 2.45) is 11.8 Å². The van der Waals surface area contributed by atoms with Crippen LogP contribution in [0.4, 0.5) is 0 Å². The van der Waals surface area contributed by atoms with Crippen LogP contribution in [0, 0.1) is 11.8 Å². The number of aromatic nitrogens is 1. The molecular formula is C33H44N4O3. The molecule has 0 unspecified atom stereocenters. The first kappa shape index (κ1) is 28.2. The van der Waals surface area contributed by atoms with Gasteiger partial charge >= 0.3 is 0 Å². The van der Waals surface area contributed by atoms with E-state index in [4.69, 9.17) is 4.74 Å². The summed E-state index contributed by atoms with van der Waals surface area (Å²) >= 11 is 0. The Morgan fingerprint density at radius 1 is 1.02 bits per heavy atom. The number of rotatable bonds is 10. The number of hydrogen-bond acceptors (Lipinski definition) is 4. The minimum absolute atomic E-state index is 0.0867. The molecule has 7 heteroatoms. The average Bonchev–Trinajstić information content (AvgIpc) is 3.30. The van der Waals surface area contributed by atoms with Gasteiger partial charge in [-0.2, -0.15) is 0 Å². The van der Waals surface area contributed by atoms with Gasteiger partial charge in [-0.3, -0.25) is 9.59 Å². The number of fused-ring (bicyclic) bond motifs is 3. The summed E-state index contributed by atoms with van der Waals surface area (Å²) in [7, 11) is 1.64. The summed E-state index contributed by atoms with van der Waals surface area (Å²) in [6.45, 7) is 11.4. The maximum Gasteiger partial charge on any atom is 0.271 e. The Kier molecular flexibility index (Phi) is 8.50. The number of nitrogens with zero attached hydrogens (tertiary/aromatic N) is 3. The van der Waals surface area contributed by atoms with Crippen molar-refractivity contribution in [3.05, 3.63) is 65.9 Å². The lowest BCUT2D eigenvalue weighted by Crippen LogP contribution is -2.64. The molecule has 3 atom stereocenters. The molecule has 214 valence electrons. The average molecular weight is 545 g/mol. The number of carbonyl (C=O) groups excluding carboxylic acids is 2. The van der Waals surface area contributed by atoms with E-state index < -0.39 is 5.54 Å². The van der Waals surface area contributed by atoms with E-state index in [1.807, 2.05) is 58.9 Å². The Morgan fingerprint density at radius 2 is 1.77 bits per heavy atom. The Balaban J connectivity index is 1.33. The van der Waals surface area contributed by atoms with E-state index in [1.54, 1.807) is 7.11 Å². The highest BCUT2D eigenvalue weighted by atomic mass is 16.5. The molecule has 1 fully saturated rings. The van der Waals surface area contributed by atoms with Crippen LogP contribution in [-0.4, -0.2) is 71.6 Å². The van der Waals surface area contributed by atoms with Crippen molar-refractivity contribution in [2.45, 2.75) is 58.5 Å². The van der Waals surface area contributed by atoms with Crippen molar-refractivity contribution in [3.8, 4) is 5.75 Å². The van der Waals surface area contributed by atoms with Crippen molar-refractivity contribution in [1.29, 1.82) is 0 Å². The number of likely N-dealkylation sites (tertiary alicyclic amines) is 1. The third kappa shape index (κ3) is 5.90. The van der Waals surface area contributed by atoms with Gasteiger partial charge in [0.2, 0.25) is 5.91 Å². The van der Waals surface area contributed by atoms with Gasteiger partial charge in [-0.15, -0.1) is 0 Å². The predicted molar refractivity (Wildman–Crippen MR) is 160 cm³/mol. The van der Waals surface area contributed by atoms with Gasteiger partial charge in [0.05, 0.1) is 19.2 Å². The summed E-state index contributed by atoms with van der Waals surface area (Å²) in [5.41, 5.74) is 1.78. The van der Waals surface area contributed by atoms with Gasteiger partial charge in [-0.1, -0.05) is 44.2 Å². The van der Waals surface area contributed by atoms with Crippen LogP contribution in [0.2, 0.25) is 0 Å². The third-order valence-electron chi connectivity index (χ3n) is 8.70. The summed E-state index contributed by atoms with van der Waals surface area (Å²) in [5.74, 6) is 2.00. The van der Waals surface area contributed by atoms with Gasteiger partial charge in [0.15, 0.2) is 0 Å². The molecule has 3 heterocycles. The van der Waals surface area contributed by atoms with Crippen LogP contribution >= 0.6 is 0 Å². The number of methoxy groups -OCH3 is 1. The molecule has 2 aliphatic rings. The fraction of sp³-hybridized carbons (Fsp3) is 0.515. The maximum atomic E-state index is 14.0. The van der Waals surface area contributed by atoms with Gasteiger partial charge in [-0.25, -0.2) is 0 Å². The molecule has 0 radical (unpaired) electrons. The van der Waals surface area contributed by atoms with Crippen molar-refractivity contribution < 1.29 is 14.3 Å². The number of amides is 2. The number of ether oxygens (including phenoxy) is 1. The maximum absolute atomic E-state index is 14.0. The molecule has 0 saturated carbocycles. The van der Waals surface area contributed by atoms with Gasteiger partial charge in [-0.05, 0) is 74.8 Å². The van der Waals surface area contributed by atoms with Crippen LogP contribution in [0.3, 0.4) is 0 Å². The Hall–Kier alpha value is -3.32. The van der Waals surface area contributed by atoms with E-state index in [9.17, 15) is 9.59 Å². The first-order chi connectivity index (χ1) is 19.3. The van der Waals surface area contributed by atoms with Crippen LogP contribution in [-0.2, 0) is 17.8 Å². The largest absolute Gasteiger partial charge is 0.497 e. The topological polar surface area (TPSA) is 66.8 Å². The highest BCUT2D eigenvalue weighted by Gasteiger charge is 2.47. The lowest BCUT2D eigenvalue weighted by atomic mass is 9.92. The molecule has 40 heavy (non-hydrogen) atoms. The SMILES string of the molecule is COc1ccc2cc3n(c2c1)C[C@](C)(C(=O)NCCCN1C[C@H](C)C[C@@H](C)C1)N(CCCc1ccccc1)C3=O. The number of piperidine rings is 1. The standard InChI is InChI=1S/C33H44N4O3/c1-24-18-25(2)22-35(21-24)16-9-15-34-32(39)33(3)23-36-29-20-28(40-4)14-13-27(29)19-30(36)31(38)37(33)17-8-12-26-10-6-5-7-11-26/h5-7,10-11,13-14,19-20,24-25H,8-9,12,15-18,21-23H2,1-4H3,(H,34,39)/t24-,25-,33-/m1/s1. The van der Waals surface area contributed by atoms with E-state index in [2.05, 4.69) is 36.2 Å². The highest BCUT2D eigenvalue weighted by Crippen LogP contribution is 2.34. The second-order valence-corrected chi connectivity index (χ2v) is 12.2. The lowest BCUT2D eigenvalue weighted by Gasteiger charge is -2.44.